The Balaban J connectivity index is 1.35. The first-order valence-electron chi connectivity index (χ1n) is 17.1. The number of carbonyl (C=O) groups excluding carboxylic acids is 4. The van der Waals surface area contributed by atoms with E-state index in [4.69, 9.17) is 5.11 Å². The third-order valence-electron chi connectivity index (χ3n) is 8.81. The second-order valence-electron chi connectivity index (χ2n) is 12.9. The average Bonchev–Trinajstić information content (AvgIpc) is 3.70. The Hall–Kier alpha value is -4.21. The summed E-state index contributed by atoms with van der Waals surface area (Å²) in [5.41, 5.74) is 2.40. The SMILES string of the molecule is CC(C)c1nn(CC(=O)NCC(=O)NCC(=O)O)c2cccc(-c3cc4c(cnn4C(=O)CCC(=O)[I-]C4CCCCCCCC4)cc3F)c12. The summed E-state index contributed by atoms with van der Waals surface area (Å²) < 4.78 is 19.2. The molecule has 1 saturated carbocycles. The standard InChI is InChI=1S/C36H43FIN6O6/c1-22(2)36-35-25(12-9-13-28(35)43(42-36)21-32(47)39-19-31(46)40-20-34(49)50)26-17-29-23(16-27(26)37)18-41-44(29)33(48)15-14-30(45)38-24-10-7-5-3-4-6-8-11-24/h9,12-13,16-18,22,24H,3-8,10-11,14-15,19-21H2,1-2H3,(H,39,47)(H,40,46)(H,49,50)/q-1. The van der Waals surface area contributed by atoms with Crippen molar-refractivity contribution >= 4 is 49.3 Å². The molecule has 0 aliphatic heterocycles. The zero-order valence-corrected chi connectivity index (χ0v) is 30.5. The van der Waals surface area contributed by atoms with Crippen molar-refractivity contribution in [1.82, 2.24) is 30.2 Å². The Bertz CT molecular complexity index is 1890. The summed E-state index contributed by atoms with van der Waals surface area (Å²) >= 11 is -0.648. The molecule has 12 nitrogen and oxygen atoms in total. The minimum absolute atomic E-state index is 0.0396. The van der Waals surface area contributed by atoms with Crippen LogP contribution in [-0.4, -0.2) is 69.2 Å². The monoisotopic (exact) mass is 801 g/mol. The van der Waals surface area contributed by atoms with E-state index in [1.165, 1.54) is 60.2 Å². The molecule has 268 valence electrons. The van der Waals surface area contributed by atoms with Gasteiger partial charge in [0.25, 0.3) is 0 Å². The number of alkyl halides is 1. The Morgan fingerprint density at radius 2 is 1.62 bits per heavy atom. The van der Waals surface area contributed by atoms with Crippen molar-refractivity contribution in [3.8, 4) is 11.1 Å². The maximum atomic E-state index is 15.8. The summed E-state index contributed by atoms with van der Waals surface area (Å²) in [5.74, 6) is -3.30. The Labute approximate surface area is 299 Å². The van der Waals surface area contributed by atoms with E-state index in [0.29, 0.717) is 37.0 Å². The number of aliphatic carboxylic acids is 1. The molecular formula is C36H43FIN6O6-. The van der Waals surface area contributed by atoms with Crippen LogP contribution in [0, 0.1) is 5.82 Å². The molecule has 0 spiro atoms. The van der Waals surface area contributed by atoms with E-state index in [1.54, 1.807) is 24.3 Å². The fourth-order valence-corrected chi connectivity index (χ4v) is 9.36. The number of nitrogens with one attached hydrogen (secondary N) is 2. The average molecular weight is 802 g/mol. The molecule has 2 aromatic carbocycles. The van der Waals surface area contributed by atoms with Gasteiger partial charge in [-0.1, -0.05) is 13.8 Å². The number of benzene rings is 2. The molecule has 3 N–H and O–H groups in total. The molecule has 14 heteroatoms. The van der Waals surface area contributed by atoms with Crippen LogP contribution in [0.5, 0.6) is 0 Å². The van der Waals surface area contributed by atoms with Crippen molar-refractivity contribution in [2.45, 2.75) is 94.4 Å². The van der Waals surface area contributed by atoms with Crippen molar-refractivity contribution in [2.24, 2.45) is 0 Å². The number of carboxylic acid groups (broad SMARTS) is 1. The van der Waals surface area contributed by atoms with Crippen LogP contribution < -0.4 is 31.8 Å². The van der Waals surface area contributed by atoms with Gasteiger partial charge in [-0.25, -0.2) is 0 Å². The molecule has 4 aromatic rings. The zero-order chi connectivity index (χ0) is 35.8. The molecule has 0 saturated heterocycles. The van der Waals surface area contributed by atoms with E-state index in [1.807, 2.05) is 13.8 Å². The molecule has 0 atom stereocenters. The van der Waals surface area contributed by atoms with Gasteiger partial charge in [0.1, 0.15) is 13.1 Å². The fraction of sp³-hybridized carbons (Fsp3) is 0.472. The van der Waals surface area contributed by atoms with E-state index in [-0.39, 0.29) is 40.6 Å². The number of amides is 2. The van der Waals surface area contributed by atoms with Crippen molar-refractivity contribution in [1.29, 1.82) is 0 Å². The van der Waals surface area contributed by atoms with E-state index >= 15 is 4.39 Å². The number of rotatable bonds is 13. The Morgan fingerprint density at radius 3 is 2.32 bits per heavy atom. The van der Waals surface area contributed by atoms with Crippen LogP contribution in [0.4, 0.5) is 4.39 Å². The third kappa shape index (κ3) is 9.31. The molecule has 2 aromatic heterocycles. The van der Waals surface area contributed by atoms with Gasteiger partial charge < -0.3 is 15.7 Å². The molecular weight excluding hydrogens is 758 g/mol. The van der Waals surface area contributed by atoms with E-state index in [2.05, 4.69) is 20.8 Å². The molecule has 5 rings (SSSR count). The van der Waals surface area contributed by atoms with Gasteiger partial charge in [0.15, 0.2) is 0 Å². The van der Waals surface area contributed by atoms with Crippen molar-refractivity contribution in [3.63, 3.8) is 0 Å². The summed E-state index contributed by atoms with van der Waals surface area (Å²) in [6.07, 6.45) is 11.3. The summed E-state index contributed by atoms with van der Waals surface area (Å²) in [6.45, 7) is 2.68. The number of halogens is 2. The minimum atomic E-state index is -1.20. The van der Waals surface area contributed by atoms with Crippen LogP contribution in [-0.2, 0) is 25.7 Å². The first kappa shape index (κ1) is 37.1. The summed E-state index contributed by atoms with van der Waals surface area (Å²) in [6, 6.07) is 8.21. The second-order valence-corrected chi connectivity index (χ2v) is 16.5. The van der Waals surface area contributed by atoms with Crippen molar-refractivity contribution < 1.29 is 54.7 Å². The maximum absolute atomic E-state index is 15.8. The van der Waals surface area contributed by atoms with E-state index in [0.717, 1.165) is 12.8 Å². The predicted molar refractivity (Wildman–Crippen MR) is 182 cm³/mol. The third-order valence-corrected chi connectivity index (χ3v) is 12.2. The molecule has 1 fully saturated rings. The van der Waals surface area contributed by atoms with Gasteiger partial charge in [0.05, 0.1) is 6.54 Å². The number of hydrogen-bond donors (Lipinski definition) is 3. The van der Waals surface area contributed by atoms with Crippen molar-refractivity contribution in [2.75, 3.05) is 13.1 Å². The Morgan fingerprint density at radius 1 is 0.920 bits per heavy atom. The molecule has 0 bridgehead atoms. The summed E-state index contributed by atoms with van der Waals surface area (Å²) in [5, 5.41) is 23.4. The first-order chi connectivity index (χ1) is 24.0. The van der Waals surface area contributed by atoms with E-state index < -0.39 is 57.9 Å². The quantitative estimate of drug-likeness (QED) is 0.105. The number of hydrogen-bond acceptors (Lipinski definition) is 7. The van der Waals surface area contributed by atoms with Gasteiger partial charge in [-0.3, -0.25) is 14.4 Å². The first-order valence-corrected chi connectivity index (χ1v) is 19.5. The number of carboxylic acids is 1. The number of fused-ring (bicyclic) bond motifs is 2. The molecule has 1 aliphatic carbocycles. The predicted octanol–water partition coefficient (Wildman–Crippen LogP) is 2.17. The van der Waals surface area contributed by atoms with Crippen LogP contribution in [0.25, 0.3) is 32.9 Å². The number of aromatic nitrogens is 4. The molecule has 0 unspecified atom stereocenters. The summed E-state index contributed by atoms with van der Waals surface area (Å²) in [7, 11) is 0. The van der Waals surface area contributed by atoms with Crippen LogP contribution >= 0.6 is 0 Å². The molecule has 2 heterocycles. The normalized spacial score (nSPS) is 14.4. The van der Waals surface area contributed by atoms with Crippen LogP contribution in [0.1, 0.15) is 94.5 Å². The molecule has 2 amide bonds. The molecule has 1 aliphatic rings. The van der Waals surface area contributed by atoms with E-state index in [9.17, 15) is 24.0 Å². The molecule has 0 radical (unpaired) electrons. The Kier molecular flexibility index (Phi) is 12.7. The zero-order valence-electron chi connectivity index (χ0n) is 28.3. The second kappa shape index (κ2) is 17.1. The molecule has 50 heavy (non-hydrogen) atoms. The van der Waals surface area contributed by atoms with Gasteiger partial charge in [-0.15, -0.1) is 0 Å². The van der Waals surface area contributed by atoms with Gasteiger partial charge in [0.2, 0.25) is 11.8 Å². The van der Waals surface area contributed by atoms with Crippen molar-refractivity contribution in [3.05, 3.63) is 48.0 Å². The number of carbonyl (C=O) groups is 5. The van der Waals surface area contributed by atoms with Gasteiger partial charge >= 0.3 is 225 Å². The van der Waals surface area contributed by atoms with Crippen LogP contribution in [0.2, 0.25) is 0 Å². The fourth-order valence-electron chi connectivity index (χ4n) is 6.30. The number of nitrogens with zero attached hydrogens (tertiary/aromatic N) is 4. The van der Waals surface area contributed by atoms with Gasteiger partial charge in [-0.05, 0) is 0 Å². The van der Waals surface area contributed by atoms with Gasteiger partial charge in [0, 0.05) is 0 Å². The van der Waals surface area contributed by atoms with Gasteiger partial charge in [-0.2, -0.15) is 0 Å². The topological polar surface area (TPSA) is 165 Å². The van der Waals surface area contributed by atoms with Crippen LogP contribution in [0.3, 0.4) is 0 Å². The summed E-state index contributed by atoms with van der Waals surface area (Å²) in [4.78, 5) is 61.6. The van der Waals surface area contributed by atoms with Crippen LogP contribution in [0.15, 0.2) is 36.5 Å².